The largest absolute Gasteiger partial charge is 0.465 e. The zero-order valence-electron chi connectivity index (χ0n) is 10.5. The van der Waals surface area contributed by atoms with E-state index in [4.69, 9.17) is 10.8 Å². The first kappa shape index (κ1) is 12.9. The Morgan fingerprint density at radius 3 is 2.39 bits per heavy atom. The molecule has 0 aromatic heterocycles. The summed E-state index contributed by atoms with van der Waals surface area (Å²) in [4.78, 5) is 12.3. The Balaban J connectivity index is 1.95. The highest BCUT2D eigenvalue weighted by Crippen LogP contribution is 2.28. The molecule has 1 aromatic carbocycles. The fraction of sp³-hybridized carbons (Fsp3) is 0.500. The molecular weight excluding hydrogens is 228 g/mol. The second-order valence-electron chi connectivity index (χ2n) is 4.82. The first-order valence-electron chi connectivity index (χ1n) is 6.47. The lowest BCUT2D eigenvalue weighted by Crippen LogP contribution is -2.36. The van der Waals surface area contributed by atoms with E-state index in [2.05, 4.69) is 24.3 Å². The van der Waals surface area contributed by atoms with Crippen LogP contribution in [0.15, 0.2) is 24.3 Å². The summed E-state index contributed by atoms with van der Waals surface area (Å²) in [6.45, 7) is 1.96. The number of rotatable bonds is 3. The van der Waals surface area contributed by atoms with Crippen LogP contribution in [-0.2, 0) is 6.42 Å². The Bertz CT molecular complexity index is 395. The second-order valence-corrected chi connectivity index (χ2v) is 4.82. The highest BCUT2D eigenvalue weighted by Gasteiger charge is 2.23. The van der Waals surface area contributed by atoms with Crippen molar-refractivity contribution in [2.75, 3.05) is 19.6 Å². The van der Waals surface area contributed by atoms with Gasteiger partial charge in [-0.05, 0) is 42.9 Å². The van der Waals surface area contributed by atoms with E-state index in [0.717, 1.165) is 19.3 Å². The van der Waals surface area contributed by atoms with Gasteiger partial charge in [0.1, 0.15) is 0 Å². The Morgan fingerprint density at radius 1 is 1.28 bits per heavy atom. The van der Waals surface area contributed by atoms with Gasteiger partial charge < -0.3 is 15.7 Å². The molecule has 0 spiro atoms. The highest BCUT2D eigenvalue weighted by atomic mass is 16.4. The molecule has 1 fully saturated rings. The maximum atomic E-state index is 10.8. The van der Waals surface area contributed by atoms with Crippen molar-refractivity contribution in [1.82, 2.24) is 4.90 Å². The zero-order valence-corrected chi connectivity index (χ0v) is 10.5. The summed E-state index contributed by atoms with van der Waals surface area (Å²) in [5.41, 5.74) is 8.11. The van der Waals surface area contributed by atoms with Crippen molar-refractivity contribution in [3.05, 3.63) is 35.4 Å². The molecule has 0 bridgehead atoms. The number of benzene rings is 1. The van der Waals surface area contributed by atoms with E-state index in [1.807, 2.05) is 0 Å². The fourth-order valence-electron chi connectivity index (χ4n) is 2.53. The molecule has 0 radical (unpaired) electrons. The molecule has 0 unspecified atom stereocenters. The van der Waals surface area contributed by atoms with Crippen molar-refractivity contribution in [3.63, 3.8) is 0 Å². The zero-order chi connectivity index (χ0) is 13.0. The molecule has 2 rings (SSSR count). The van der Waals surface area contributed by atoms with Crippen molar-refractivity contribution >= 4 is 6.09 Å². The lowest BCUT2D eigenvalue weighted by molar-refractivity contribution is 0.132. The van der Waals surface area contributed by atoms with Crippen LogP contribution in [0.5, 0.6) is 0 Å². The van der Waals surface area contributed by atoms with Crippen LogP contribution in [0, 0.1) is 0 Å². The highest BCUT2D eigenvalue weighted by molar-refractivity contribution is 5.65. The Hall–Kier alpha value is -1.55. The number of hydrogen-bond donors (Lipinski definition) is 2. The molecular formula is C14H20N2O2. The standard InChI is InChI=1S/C14H20N2O2/c15-8-5-11-1-3-12(4-2-11)13-6-9-16(10-7-13)14(17)18/h1-4,13H,5-10,15H2,(H,17,18). The lowest BCUT2D eigenvalue weighted by Gasteiger charge is -2.30. The summed E-state index contributed by atoms with van der Waals surface area (Å²) in [5, 5.41) is 8.90. The lowest BCUT2D eigenvalue weighted by atomic mass is 9.89. The second kappa shape index (κ2) is 5.87. The van der Waals surface area contributed by atoms with E-state index >= 15 is 0 Å². The number of hydrogen-bond acceptors (Lipinski definition) is 2. The Kier molecular flexibility index (Phi) is 4.20. The van der Waals surface area contributed by atoms with Crippen molar-refractivity contribution in [1.29, 1.82) is 0 Å². The van der Waals surface area contributed by atoms with Gasteiger partial charge in [-0.1, -0.05) is 24.3 Å². The quantitative estimate of drug-likeness (QED) is 0.860. The maximum Gasteiger partial charge on any atom is 0.407 e. The number of amides is 1. The summed E-state index contributed by atoms with van der Waals surface area (Å²) >= 11 is 0. The minimum Gasteiger partial charge on any atom is -0.465 e. The van der Waals surface area contributed by atoms with E-state index in [9.17, 15) is 4.79 Å². The number of carboxylic acid groups (broad SMARTS) is 1. The summed E-state index contributed by atoms with van der Waals surface area (Å²) in [7, 11) is 0. The van der Waals surface area contributed by atoms with E-state index < -0.39 is 6.09 Å². The first-order chi connectivity index (χ1) is 8.70. The molecule has 98 valence electrons. The average molecular weight is 248 g/mol. The van der Waals surface area contributed by atoms with Gasteiger partial charge in [-0.15, -0.1) is 0 Å². The summed E-state index contributed by atoms with van der Waals surface area (Å²) in [5.74, 6) is 0.493. The van der Waals surface area contributed by atoms with Crippen LogP contribution in [0.2, 0.25) is 0 Å². The van der Waals surface area contributed by atoms with E-state index in [1.54, 1.807) is 0 Å². The number of nitrogens with zero attached hydrogens (tertiary/aromatic N) is 1. The molecule has 18 heavy (non-hydrogen) atoms. The topological polar surface area (TPSA) is 66.6 Å². The van der Waals surface area contributed by atoms with Gasteiger partial charge in [0.2, 0.25) is 0 Å². The molecule has 1 amide bonds. The predicted molar refractivity (Wildman–Crippen MR) is 70.8 cm³/mol. The first-order valence-corrected chi connectivity index (χ1v) is 6.47. The average Bonchev–Trinajstić information content (AvgIpc) is 2.40. The molecule has 1 saturated heterocycles. The monoisotopic (exact) mass is 248 g/mol. The van der Waals surface area contributed by atoms with Gasteiger partial charge in [0, 0.05) is 13.1 Å². The maximum absolute atomic E-state index is 10.8. The third kappa shape index (κ3) is 3.01. The van der Waals surface area contributed by atoms with Crippen LogP contribution in [0.25, 0.3) is 0 Å². The van der Waals surface area contributed by atoms with Gasteiger partial charge in [0.15, 0.2) is 0 Å². The van der Waals surface area contributed by atoms with E-state index in [0.29, 0.717) is 25.6 Å². The minimum absolute atomic E-state index is 0.493. The van der Waals surface area contributed by atoms with Crippen molar-refractivity contribution in [3.8, 4) is 0 Å². The summed E-state index contributed by atoms with van der Waals surface area (Å²) in [6.07, 6.45) is 1.95. The van der Waals surface area contributed by atoms with Crippen LogP contribution < -0.4 is 5.73 Å². The SMILES string of the molecule is NCCc1ccc(C2CCN(C(=O)O)CC2)cc1. The van der Waals surface area contributed by atoms with Crippen LogP contribution in [0.1, 0.15) is 29.9 Å². The van der Waals surface area contributed by atoms with Crippen LogP contribution in [-0.4, -0.2) is 35.7 Å². The summed E-state index contributed by atoms with van der Waals surface area (Å²) < 4.78 is 0. The molecule has 1 aromatic rings. The molecule has 3 N–H and O–H groups in total. The predicted octanol–water partition coefficient (Wildman–Crippen LogP) is 2.05. The smallest absolute Gasteiger partial charge is 0.407 e. The van der Waals surface area contributed by atoms with Crippen molar-refractivity contribution < 1.29 is 9.90 Å². The molecule has 1 aliphatic rings. The molecule has 1 heterocycles. The summed E-state index contributed by atoms with van der Waals surface area (Å²) in [6, 6.07) is 8.58. The molecule has 0 saturated carbocycles. The van der Waals surface area contributed by atoms with Crippen LogP contribution in [0.3, 0.4) is 0 Å². The van der Waals surface area contributed by atoms with Crippen LogP contribution in [0.4, 0.5) is 4.79 Å². The third-order valence-corrected chi connectivity index (χ3v) is 3.65. The molecule has 1 aliphatic heterocycles. The minimum atomic E-state index is -0.799. The molecule has 0 aliphatic carbocycles. The van der Waals surface area contributed by atoms with Crippen LogP contribution >= 0.6 is 0 Å². The molecule has 4 nitrogen and oxygen atoms in total. The third-order valence-electron chi connectivity index (χ3n) is 3.65. The molecule has 4 heteroatoms. The fourth-order valence-corrected chi connectivity index (χ4v) is 2.53. The van der Waals surface area contributed by atoms with Gasteiger partial charge >= 0.3 is 6.09 Å². The normalized spacial score (nSPS) is 16.8. The number of piperidine rings is 1. The number of likely N-dealkylation sites (tertiary alicyclic amines) is 1. The Morgan fingerprint density at radius 2 is 1.89 bits per heavy atom. The van der Waals surface area contributed by atoms with E-state index in [-0.39, 0.29) is 0 Å². The van der Waals surface area contributed by atoms with Gasteiger partial charge in [-0.2, -0.15) is 0 Å². The van der Waals surface area contributed by atoms with Crippen molar-refractivity contribution in [2.24, 2.45) is 5.73 Å². The molecule has 0 atom stereocenters. The van der Waals surface area contributed by atoms with E-state index in [1.165, 1.54) is 16.0 Å². The van der Waals surface area contributed by atoms with Gasteiger partial charge in [0.25, 0.3) is 0 Å². The number of nitrogens with two attached hydrogens (primary N) is 1. The Labute approximate surface area is 107 Å². The van der Waals surface area contributed by atoms with Gasteiger partial charge in [-0.25, -0.2) is 4.79 Å². The number of carbonyl (C=O) groups is 1. The van der Waals surface area contributed by atoms with Gasteiger partial charge in [-0.3, -0.25) is 0 Å². The van der Waals surface area contributed by atoms with Gasteiger partial charge in [0.05, 0.1) is 0 Å². The van der Waals surface area contributed by atoms with Crippen molar-refractivity contribution in [2.45, 2.75) is 25.2 Å².